The number of anilines is 5. The lowest BCUT2D eigenvalue weighted by molar-refractivity contribution is -0.115. The molecule has 0 aliphatic heterocycles. The van der Waals surface area contributed by atoms with Crippen LogP contribution in [0, 0.1) is 25.5 Å². The topological polar surface area (TPSA) is 78.9 Å². The van der Waals surface area contributed by atoms with Crippen LogP contribution in [-0.2, 0) is 11.2 Å². The molecule has 4 rings (SSSR count). The van der Waals surface area contributed by atoms with Gasteiger partial charge in [0.25, 0.3) is 0 Å². The summed E-state index contributed by atoms with van der Waals surface area (Å²) < 4.78 is 26.8. The molecule has 0 spiro atoms. The minimum atomic E-state index is -0.744. The maximum Gasteiger partial charge on any atom is 0.229 e. The van der Waals surface area contributed by atoms with Gasteiger partial charge in [0, 0.05) is 34.9 Å². The molecule has 3 aromatic carbocycles. The first-order valence-electron chi connectivity index (χ1n) is 10.6. The molecule has 1 amide bonds. The van der Waals surface area contributed by atoms with E-state index in [-0.39, 0.29) is 12.0 Å². The first kappa shape index (κ1) is 22.8. The van der Waals surface area contributed by atoms with Crippen molar-refractivity contribution in [3.05, 3.63) is 101 Å². The molecule has 4 aromatic rings. The van der Waals surface area contributed by atoms with Gasteiger partial charge in [-0.15, -0.1) is 0 Å². The molecule has 0 bridgehead atoms. The summed E-state index contributed by atoms with van der Waals surface area (Å²) in [5.41, 5.74) is 4.30. The summed E-state index contributed by atoms with van der Waals surface area (Å²) in [6.07, 6.45) is -0.191. The summed E-state index contributed by atoms with van der Waals surface area (Å²) in [6.45, 7) is 3.91. The number of aryl methyl sites for hydroxylation is 2. The van der Waals surface area contributed by atoms with Crippen molar-refractivity contribution in [2.45, 2.75) is 20.3 Å². The number of benzene rings is 3. The number of carbonyl (C=O) groups excluding carboxylic acids is 1. The van der Waals surface area contributed by atoms with Crippen molar-refractivity contribution in [3.63, 3.8) is 0 Å². The fraction of sp³-hybridized carbons (Fsp3) is 0.115. The molecule has 0 saturated heterocycles. The van der Waals surface area contributed by atoms with E-state index in [1.54, 1.807) is 24.3 Å². The Morgan fingerprint density at radius 1 is 0.794 bits per heavy atom. The summed E-state index contributed by atoms with van der Waals surface area (Å²) in [5, 5.41) is 9.13. The first-order chi connectivity index (χ1) is 16.3. The molecule has 0 aliphatic carbocycles. The van der Waals surface area contributed by atoms with E-state index >= 15 is 0 Å². The normalized spacial score (nSPS) is 10.6. The van der Waals surface area contributed by atoms with Crippen LogP contribution in [0.5, 0.6) is 0 Å². The average Bonchev–Trinajstić information content (AvgIpc) is 2.78. The Morgan fingerprint density at radius 3 is 2.15 bits per heavy atom. The van der Waals surface area contributed by atoms with E-state index in [0.717, 1.165) is 29.2 Å². The van der Waals surface area contributed by atoms with Crippen LogP contribution in [-0.4, -0.2) is 15.9 Å². The third-order valence-corrected chi connectivity index (χ3v) is 4.97. The van der Waals surface area contributed by atoms with E-state index in [4.69, 9.17) is 0 Å². The summed E-state index contributed by atoms with van der Waals surface area (Å²) in [7, 11) is 0. The molecule has 0 atom stereocenters. The van der Waals surface area contributed by atoms with Gasteiger partial charge < -0.3 is 16.0 Å². The third kappa shape index (κ3) is 6.13. The second kappa shape index (κ2) is 10.1. The number of amides is 1. The molecule has 1 aromatic heterocycles. The Morgan fingerprint density at radius 2 is 1.44 bits per heavy atom. The minimum Gasteiger partial charge on any atom is -0.340 e. The highest BCUT2D eigenvalue weighted by Crippen LogP contribution is 2.21. The number of nitrogens with one attached hydrogen (secondary N) is 3. The van der Waals surface area contributed by atoms with Gasteiger partial charge in [-0.05, 0) is 61.9 Å². The number of carbonyl (C=O) groups is 1. The van der Waals surface area contributed by atoms with Gasteiger partial charge in [0.15, 0.2) is 0 Å². The smallest absolute Gasteiger partial charge is 0.229 e. The van der Waals surface area contributed by atoms with Gasteiger partial charge in [0.2, 0.25) is 11.9 Å². The molecule has 8 heteroatoms. The Balaban J connectivity index is 1.38. The van der Waals surface area contributed by atoms with E-state index < -0.39 is 17.5 Å². The van der Waals surface area contributed by atoms with E-state index in [0.29, 0.717) is 17.5 Å². The predicted octanol–water partition coefficient (Wildman–Crippen LogP) is 6.04. The average molecular weight is 460 g/mol. The lowest BCUT2D eigenvalue weighted by Crippen LogP contribution is -2.15. The highest BCUT2D eigenvalue weighted by atomic mass is 19.1. The van der Waals surface area contributed by atoms with E-state index in [2.05, 4.69) is 25.9 Å². The summed E-state index contributed by atoms with van der Waals surface area (Å²) in [4.78, 5) is 21.2. The van der Waals surface area contributed by atoms with Crippen LogP contribution in [0.3, 0.4) is 0 Å². The number of hydrogen-bond acceptors (Lipinski definition) is 5. The van der Waals surface area contributed by atoms with Gasteiger partial charge in [0.1, 0.15) is 17.5 Å². The number of nitrogens with zero attached hydrogens (tertiary/aromatic N) is 2. The quantitative estimate of drug-likeness (QED) is 0.314. The van der Waals surface area contributed by atoms with Gasteiger partial charge in [-0.1, -0.05) is 23.8 Å². The zero-order chi connectivity index (χ0) is 24.1. The van der Waals surface area contributed by atoms with Crippen molar-refractivity contribution in [3.8, 4) is 0 Å². The van der Waals surface area contributed by atoms with Gasteiger partial charge in [-0.25, -0.2) is 13.8 Å². The Bertz CT molecular complexity index is 1310. The van der Waals surface area contributed by atoms with Crippen LogP contribution in [0.4, 0.5) is 37.6 Å². The molecule has 6 nitrogen and oxygen atoms in total. The number of hydrogen-bond donors (Lipinski definition) is 3. The Labute approximate surface area is 196 Å². The van der Waals surface area contributed by atoms with Crippen molar-refractivity contribution < 1.29 is 13.6 Å². The number of halogens is 2. The molecule has 0 aliphatic rings. The largest absolute Gasteiger partial charge is 0.340 e. The Hall–Kier alpha value is -4.33. The number of aromatic nitrogens is 2. The maximum atomic E-state index is 13.8. The van der Waals surface area contributed by atoms with Crippen LogP contribution in [0.1, 0.15) is 16.8 Å². The van der Waals surface area contributed by atoms with Crippen molar-refractivity contribution in [1.82, 2.24) is 9.97 Å². The fourth-order valence-electron chi connectivity index (χ4n) is 3.28. The lowest BCUT2D eigenvalue weighted by atomic mass is 10.1. The zero-order valence-electron chi connectivity index (χ0n) is 18.7. The molecule has 0 saturated carbocycles. The van der Waals surface area contributed by atoms with Gasteiger partial charge in [-0.3, -0.25) is 4.79 Å². The van der Waals surface area contributed by atoms with Crippen LogP contribution >= 0.6 is 0 Å². The van der Waals surface area contributed by atoms with Gasteiger partial charge >= 0.3 is 0 Å². The summed E-state index contributed by atoms with van der Waals surface area (Å²) in [5.74, 6) is -0.730. The third-order valence-electron chi connectivity index (χ3n) is 4.97. The zero-order valence-corrected chi connectivity index (χ0v) is 18.7. The first-order valence-corrected chi connectivity index (χ1v) is 10.6. The van der Waals surface area contributed by atoms with Crippen molar-refractivity contribution >= 4 is 34.7 Å². The van der Waals surface area contributed by atoms with E-state index in [1.165, 1.54) is 11.6 Å². The highest BCUT2D eigenvalue weighted by molar-refractivity contribution is 5.92. The standard InChI is InChI=1S/C26H23F2N5O/c1-16-3-7-22(8-4-16)32-26-29-17(2)13-24(33-26)30-20-9-11-21(12-10-20)31-25(34)14-18-5-6-19(27)15-23(18)28/h3-13,15H,14H2,1-2H3,(H,31,34)(H2,29,30,32,33). The second-order valence-corrected chi connectivity index (χ2v) is 7.87. The molecule has 172 valence electrons. The molecule has 1 heterocycles. The lowest BCUT2D eigenvalue weighted by Gasteiger charge is -2.11. The summed E-state index contributed by atoms with van der Waals surface area (Å²) in [6, 6.07) is 20.0. The number of rotatable bonds is 7. The molecule has 0 radical (unpaired) electrons. The second-order valence-electron chi connectivity index (χ2n) is 7.87. The van der Waals surface area contributed by atoms with Crippen LogP contribution in [0.15, 0.2) is 72.8 Å². The van der Waals surface area contributed by atoms with Gasteiger partial charge in [-0.2, -0.15) is 4.98 Å². The SMILES string of the molecule is Cc1ccc(Nc2nc(C)cc(Nc3ccc(NC(=O)Cc4ccc(F)cc4F)cc3)n2)cc1. The van der Waals surface area contributed by atoms with Crippen LogP contribution in [0.25, 0.3) is 0 Å². The fourth-order valence-corrected chi connectivity index (χ4v) is 3.28. The summed E-state index contributed by atoms with van der Waals surface area (Å²) >= 11 is 0. The molecular formula is C26H23F2N5O. The van der Waals surface area contributed by atoms with Crippen LogP contribution < -0.4 is 16.0 Å². The maximum absolute atomic E-state index is 13.8. The monoisotopic (exact) mass is 459 g/mol. The highest BCUT2D eigenvalue weighted by Gasteiger charge is 2.10. The van der Waals surface area contributed by atoms with Crippen molar-refractivity contribution in [2.24, 2.45) is 0 Å². The Kier molecular flexibility index (Phi) is 6.77. The van der Waals surface area contributed by atoms with Crippen molar-refractivity contribution in [2.75, 3.05) is 16.0 Å². The van der Waals surface area contributed by atoms with E-state index in [9.17, 15) is 13.6 Å². The molecule has 34 heavy (non-hydrogen) atoms. The molecule has 3 N–H and O–H groups in total. The molecule has 0 unspecified atom stereocenters. The molecule has 0 fully saturated rings. The molecular weight excluding hydrogens is 436 g/mol. The minimum absolute atomic E-state index is 0.131. The van der Waals surface area contributed by atoms with Crippen molar-refractivity contribution in [1.29, 1.82) is 0 Å². The predicted molar refractivity (Wildman–Crippen MR) is 130 cm³/mol. The van der Waals surface area contributed by atoms with E-state index in [1.807, 2.05) is 44.2 Å². The van der Waals surface area contributed by atoms with Crippen LogP contribution in [0.2, 0.25) is 0 Å². The van der Waals surface area contributed by atoms with Gasteiger partial charge in [0.05, 0.1) is 6.42 Å².